The molecule has 1 saturated carbocycles. The molecule has 1 N–H and O–H groups in total. The molecule has 0 saturated heterocycles. The number of aromatic amines is 1. The molecule has 0 amide bonds. The highest BCUT2D eigenvalue weighted by Crippen LogP contribution is 2.29. The van der Waals surface area contributed by atoms with E-state index in [0.29, 0.717) is 21.7 Å². The van der Waals surface area contributed by atoms with Crippen LogP contribution in [0.5, 0.6) is 0 Å². The summed E-state index contributed by atoms with van der Waals surface area (Å²) >= 11 is 6.26. The molecule has 1 aliphatic rings. The highest BCUT2D eigenvalue weighted by atomic mass is 35.5. The van der Waals surface area contributed by atoms with Crippen LogP contribution in [0.4, 0.5) is 0 Å². The van der Waals surface area contributed by atoms with E-state index in [1.165, 1.54) is 19.3 Å². The zero-order valence-corrected chi connectivity index (χ0v) is 16.4. The number of hydrogen-bond donors (Lipinski definition) is 1. The van der Waals surface area contributed by atoms with Crippen LogP contribution in [0.25, 0.3) is 27.9 Å². The van der Waals surface area contributed by atoms with Crippen LogP contribution in [0.1, 0.15) is 44.0 Å². The van der Waals surface area contributed by atoms with Crippen molar-refractivity contribution >= 4 is 28.3 Å². The predicted molar refractivity (Wildman–Crippen MR) is 109 cm³/mol. The fourth-order valence-corrected chi connectivity index (χ4v) is 4.49. The minimum absolute atomic E-state index is 0.00599. The van der Waals surface area contributed by atoms with Gasteiger partial charge in [0.25, 0.3) is 5.56 Å². The number of rotatable bonds is 2. The summed E-state index contributed by atoms with van der Waals surface area (Å²) in [7, 11) is 0. The Morgan fingerprint density at radius 3 is 2.79 bits per heavy atom. The molecule has 3 heterocycles. The summed E-state index contributed by atoms with van der Waals surface area (Å²) in [5, 5.41) is 4.43. The summed E-state index contributed by atoms with van der Waals surface area (Å²) in [4.78, 5) is 22.7. The van der Waals surface area contributed by atoms with E-state index in [0.717, 1.165) is 29.9 Å². The molecular formula is C21H21ClN5O+. The number of aryl methyl sites for hydroxylation is 1. The van der Waals surface area contributed by atoms with E-state index in [4.69, 9.17) is 11.6 Å². The predicted octanol–water partition coefficient (Wildman–Crippen LogP) is 3.99. The second-order valence-corrected chi connectivity index (χ2v) is 7.93. The van der Waals surface area contributed by atoms with Crippen LogP contribution in [0, 0.1) is 6.92 Å². The Hall–Kier alpha value is -2.73. The Bertz CT molecular complexity index is 1250. The number of pyridine rings is 1. The van der Waals surface area contributed by atoms with Crippen LogP contribution >= 0.6 is 11.6 Å². The zero-order valence-electron chi connectivity index (χ0n) is 15.7. The maximum Gasteiger partial charge on any atom is 0.458 e. The number of H-pyrrole nitrogens is 1. The van der Waals surface area contributed by atoms with Crippen LogP contribution in [0.15, 0.2) is 41.3 Å². The van der Waals surface area contributed by atoms with Gasteiger partial charge in [0.05, 0.1) is 0 Å². The van der Waals surface area contributed by atoms with E-state index in [-0.39, 0.29) is 11.6 Å². The van der Waals surface area contributed by atoms with Gasteiger partial charge in [-0.3, -0.25) is 4.79 Å². The lowest BCUT2D eigenvalue weighted by molar-refractivity contribution is -0.567. The Morgan fingerprint density at radius 2 is 2.00 bits per heavy atom. The first-order valence-electron chi connectivity index (χ1n) is 9.71. The number of hydrogen-bond acceptors (Lipinski definition) is 3. The van der Waals surface area contributed by atoms with Gasteiger partial charge < -0.3 is 4.57 Å². The summed E-state index contributed by atoms with van der Waals surface area (Å²) < 4.78 is 3.68. The molecule has 0 aliphatic heterocycles. The van der Waals surface area contributed by atoms with E-state index < -0.39 is 0 Å². The smallest absolute Gasteiger partial charge is 0.312 e. The van der Waals surface area contributed by atoms with Gasteiger partial charge in [-0.2, -0.15) is 0 Å². The summed E-state index contributed by atoms with van der Waals surface area (Å²) in [6.07, 6.45) is 7.57. The first kappa shape index (κ1) is 17.4. The van der Waals surface area contributed by atoms with Gasteiger partial charge in [0.1, 0.15) is 5.39 Å². The van der Waals surface area contributed by atoms with Crippen LogP contribution < -0.4 is 10.1 Å². The Kier molecular flexibility index (Phi) is 4.16. The second-order valence-electron chi connectivity index (χ2n) is 7.50. The number of nitrogens with one attached hydrogen (secondary N) is 1. The van der Waals surface area contributed by atoms with E-state index in [9.17, 15) is 4.79 Å². The average molecular weight is 395 g/mol. The minimum atomic E-state index is -0.00599. The molecular weight excluding hydrogens is 374 g/mol. The first-order valence-corrected chi connectivity index (χ1v) is 10.1. The second kappa shape index (κ2) is 6.71. The number of aromatic nitrogens is 5. The van der Waals surface area contributed by atoms with Crippen molar-refractivity contribution in [3.8, 4) is 11.3 Å². The van der Waals surface area contributed by atoms with Crippen molar-refractivity contribution in [3.63, 3.8) is 0 Å². The van der Waals surface area contributed by atoms with Gasteiger partial charge in [0.2, 0.25) is 5.82 Å². The van der Waals surface area contributed by atoms with Crippen molar-refractivity contribution < 1.29 is 4.52 Å². The normalized spacial score (nSPS) is 15.5. The van der Waals surface area contributed by atoms with Gasteiger partial charge in [-0.1, -0.05) is 53.0 Å². The third-order valence-corrected chi connectivity index (χ3v) is 5.82. The van der Waals surface area contributed by atoms with Crippen LogP contribution in [-0.2, 0) is 0 Å². The van der Waals surface area contributed by atoms with Gasteiger partial charge in [-0.05, 0) is 31.0 Å². The standard InChI is InChI=1S/C21H20ClN5O/c1-13-23-21-24-17-10-11-26(16-8-3-2-4-9-16)20(28)18(17)19(27(21)25-13)14-6-5-7-15(22)12-14/h5-7,10-12,16H,2-4,8-9H2,1H3/p+1. The molecule has 28 heavy (non-hydrogen) atoms. The molecule has 0 atom stereocenters. The van der Waals surface area contributed by atoms with E-state index in [1.54, 1.807) is 4.52 Å². The van der Waals surface area contributed by atoms with Gasteiger partial charge in [-0.15, -0.1) is 4.52 Å². The average Bonchev–Trinajstić information content (AvgIpc) is 3.07. The molecule has 6 nitrogen and oxygen atoms in total. The highest BCUT2D eigenvalue weighted by Gasteiger charge is 2.26. The lowest BCUT2D eigenvalue weighted by atomic mass is 9.95. The molecule has 1 fully saturated rings. The molecule has 7 heteroatoms. The highest BCUT2D eigenvalue weighted by molar-refractivity contribution is 6.30. The maximum absolute atomic E-state index is 13.6. The number of nitrogens with zero attached hydrogens (tertiary/aromatic N) is 4. The van der Waals surface area contributed by atoms with Gasteiger partial charge in [0, 0.05) is 29.7 Å². The van der Waals surface area contributed by atoms with Crippen molar-refractivity contribution in [1.82, 2.24) is 19.6 Å². The van der Waals surface area contributed by atoms with Crippen LogP contribution in [0.3, 0.4) is 0 Å². The molecule has 0 unspecified atom stereocenters. The molecule has 3 aromatic heterocycles. The summed E-state index contributed by atoms with van der Waals surface area (Å²) in [5.41, 5.74) is 2.25. The lowest BCUT2D eigenvalue weighted by Gasteiger charge is -2.24. The van der Waals surface area contributed by atoms with E-state index >= 15 is 0 Å². The molecule has 1 aromatic carbocycles. The number of benzene rings is 1. The quantitative estimate of drug-likeness (QED) is 0.522. The van der Waals surface area contributed by atoms with Gasteiger partial charge in [0.15, 0.2) is 11.2 Å². The topological polar surface area (TPSA) is 67.7 Å². The van der Waals surface area contributed by atoms with E-state index in [1.807, 2.05) is 48.0 Å². The van der Waals surface area contributed by atoms with Crippen molar-refractivity contribution in [1.29, 1.82) is 0 Å². The largest absolute Gasteiger partial charge is 0.458 e. The third-order valence-electron chi connectivity index (χ3n) is 5.59. The summed E-state index contributed by atoms with van der Waals surface area (Å²) in [6, 6.07) is 9.74. The van der Waals surface area contributed by atoms with Crippen molar-refractivity contribution in [2.24, 2.45) is 0 Å². The fraction of sp³-hybridized carbons (Fsp3) is 0.333. The molecule has 1 aliphatic carbocycles. The van der Waals surface area contributed by atoms with Crippen LogP contribution in [0.2, 0.25) is 5.02 Å². The Morgan fingerprint density at radius 1 is 1.18 bits per heavy atom. The fourth-order valence-electron chi connectivity index (χ4n) is 4.30. The molecule has 142 valence electrons. The zero-order chi connectivity index (χ0) is 19.3. The molecule has 0 spiro atoms. The molecule has 0 radical (unpaired) electrons. The summed E-state index contributed by atoms with van der Waals surface area (Å²) in [5.74, 6) is 1.27. The van der Waals surface area contributed by atoms with Crippen molar-refractivity contribution in [2.45, 2.75) is 45.1 Å². The monoisotopic (exact) mass is 394 g/mol. The first-order chi connectivity index (χ1) is 13.6. The van der Waals surface area contributed by atoms with Gasteiger partial charge in [-0.25, -0.2) is 5.10 Å². The summed E-state index contributed by atoms with van der Waals surface area (Å²) in [6.45, 7) is 1.88. The Balaban J connectivity index is 1.87. The number of fused-ring (bicyclic) bond motifs is 2. The lowest BCUT2D eigenvalue weighted by Crippen LogP contribution is -2.33. The Labute approximate surface area is 166 Å². The minimum Gasteiger partial charge on any atom is -0.312 e. The van der Waals surface area contributed by atoms with Gasteiger partial charge >= 0.3 is 5.78 Å². The molecule has 0 bridgehead atoms. The number of halogens is 1. The molecule has 5 rings (SSSR count). The third kappa shape index (κ3) is 2.79. The SMILES string of the molecule is Cc1nc2nc3ccn(C4CCCCC4)c(=O)c3c(-c3cccc(Cl)c3)[n+]2[nH]1. The van der Waals surface area contributed by atoms with Crippen molar-refractivity contribution in [2.75, 3.05) is 0 Å². The maximum atomic E-state index is 13.6. The van der Waals surface area contributed by atoms with E-state index in [2.05, 4.69) is 15.1 Å². The van der Waals surface area contributed by atoms with Crippen molar-refractivity contribution in [3.05, 3.63) is 57.7 Å². The molecule has 4 aromatic rings. The van der Waals surface area contributed by atoms with Crippen LogP contribution in [-0.4, -0.2) is 19.6 Å².